The van der Waals surface area contributed by atoms with Crippen LogP contribution in [0.2, 0.25) is 0 Å². The number of rotatable bonds is 6. The molecule has 0 fully saturated rings. The second-order valence-electron chi connectivity index (χ2n) is 6.62. The Hall–Kier alpha value is -1.85. The van der Waals surface area contributed by atoms with Crippen molar-refractivity contribution < 1.29 is 9.21 Å². The minimum atomic E-state index is -0.461. The molecule has 6 heteroatoms. The molecule has 1 aromatic heterocycles. The molecule has 0 radical (unpaired) electrons. The van der Waals surface area contributed by atoms with Crippen molar-refractivity contribution >= 4 is 18.3 Å². The number of nitrogens with two attached hydrogens (primary N) is 1. The van der Waals surface area contributed by atoms with Crippen molar-refractivity contribution in [1.29, 1.82) is 0 Å². The first kappa shape index (κ1) is 20.2. The third kappa shape index (κ3) is 4.82. The summed E-state index contributed by atoms with van der Waals surface area (Å²) in [6.07, 6.45) is 0.800. The highest BCUT2D eigenvalue weighted by Gasteiger charge is 2.29. The number of carbonyl (C=O) groups is 1. The molecule has 5 nitrogen and oxygen atoms in total. The van der Waals surface area contributed by atoms with E-state index in [-0.39, 0.29) is 24.1 Å². The standard InChI is InChI=1S/C18H25N3O2.ClH/c1-12(2)10-18(4,11-19)21-16(22)15-13(3)20-17(23-15)14-8-6-5-7-9-14;/h5-9,12H,10-11,19H2,1-4H3,(H,21,22);1H. The lowest BCUT2D eigenvalue weighted by Crippen LogP contribution is -2.52. The Bertz CT molecular complexity index is 670. The van der Waals surface area contributed by atoms with Gasteiger partial charge >= 0.3 is 0 Å². The van der Waals surface area contributed by atoms with Crippen molar-refractivity contribution in [2.75, 3.05) is 6.54 Å². The fourth-order valence-corrected chi connectivity index (χ4v) is 2.73. The second kappa shape index (κ2) is 8.31. The van der Waals surface area contributed by atoms with E-state index < -0.39 is 5.54 Å². The lowest BCUT2D eigenvalue weighted by molar-refractivity contribution is 0.0869. The Morgan fingerprint density at radius 3 is 2.50 bits per heavy atom. The lowest BCUT2D eigenvalue weighted by atomic mass is 9.90. The van der Waals surface area contributed by atoms with Gasteiger partial charge in [-0.15, -0.1) is 12.4 Å². The number of benzene rings is 1. The minimum absolute atomic E-state index is 0. The first-order valence-corrected chi connectivity index (χ1v) is 7.90. The van der Waals surface area contributed by atoms with E-state index in [1.54, 1.807) is 6.92 Å². The summed E-state index contributed by atoms with van der Waals surface area (Å²) >= 11 is 0. The number of carbonyl (C=O) groups excluding carboxylic acids is 1. The van der Waals surface area contributed by atoms with Crippen molar-refractivity contribution in [2.45, 2.75) is 39.7 Å². The average molecular weight is 352 g/mol. The van der Waals surface area contributed by atoms with E-state index in [9.17, 15) is 4.79 Å². The van der Waals surface area contributed by atoms with E-state index in [2.05, 4.69) is 24.1 Å². The highest BCUT2D eigenvalue weighted by Crippen LogP contribution is 2.23. The molecule has 1 heterocycles. The fourth-order valence-electron chi connectivity index (χ4n) is 2.73. The molecule has 1 unspecified atom stereocenters. The topological polar surface area (TPSA) is 81.2 Å². The first-order valence-electron chi connectivity index (χ1n) is 7.90. The van der Waals surface area contributed by atoms with Gasteiger partial charge in [-0.05, 0) is 38.3 Å². The average Bonchev–Trinajstić information content (AvgIpc) is 2.89. The summed E-state index contributed by atoms with van der Waals surface area (Å²) in [5, 5.41) is 3.00. The third-order valence-electron chi connectivity index (χ3n) is 3.75. The molecule has 0 bridgehead atoms. The van der Waals surface area contributed by atoms with Gasteiger partial charge in [0.05, 0.1) is 11.2 Å². The Morgan fingerprint density at radius 1 is 1.33 bits per heavy atom. The number of hydrogen-bond acceptors (Lipinski definition) is 4. The number of hydrogen-bond donors (Lipinski definition) is 2. The molecular formula is C18H26ClN3O2. The van der Waals surface area contributed by atoms with Crippen LogP contribution in [0.5, 0.6) is 0 Å². The summed E-state index contributed by atoms with van der Waals surface area (Å²) in [7, 11) is 0. The molecule has 132 valence electrons. The Morgan fingerprint density at radius 2 is 1.96 bits per heavy atom. The summed E-state index contributed by atoms with van der Waals surface area (Å²) < 4.78 is 5.69. The van der Waals surface area contributed by atoms with E-state index in [4.69, 9.17) is 10.2 Å². The van der Waals surface area contributed by atoms with Gasteiger partial charge in [0.15, 0.2) is 0 Å². The Balaban J connectivity index is 0.00000288. The van der Waals surface area contributed by atoms with Crippen molar-refractivity contribution in [3.05, 3.63) is 41.8 Å². The predicted molar refractivity (Wildman–Crippen MR) is 98.3 cm³/mol. The van der Waals surface area contributed by atoms with Crippen LogP contribution in [0.25, 0.3) is 11.5 Å². The highest BCUT2D eigenvalue weighted by molar-refractivity contribution is 5.93. The summed E-state index contributed by atoms with van der Waals surface area (Å²) in [4.78, 5) is 16.9. The molecular weight excluding hydrogens is 326 g/mol. The largest absolute Gasteiger partial charge is 0.431 e. The fraction of sp³-hybridized carbons (Fsp3) is 0.444. The molecule has 0 aliphatic heterocycles. The number of nitrogens with zero attached hydrogens (tertiary/aromatic N) is 1. The lowest BCUT2D eigenvalue weighted by Gasteiger charge is -2.30. The molecule has 2 rings (SSSR count). The number of nitrogens with one attached hydrogen (secondary N) is 1. The maximum absolute atomic E-state index is 12.6. The van der Waals surface area contributed by atoms with Gasteiger partial charge in [0.25, 0.3) is 5.91 Å². The van der Waals surface area contributed by atoms with E-state index in [1.807, 2.05) is 37.3 Å². The molecule has 0 aliphatic carbocycles. The number of aryl methyl sites for hydroxylation is 1. The minimum Gasteiger partial charge on any atom is -0.431 e. The predicted octanol–water partition coefficient (Wildman–Crippen LogP) is 3.57. The number of halogens is 1. The van der Waals surface area contributed by atoms with E-state index in [0.717, 1.165) is 12.0 Å². The van der Waals surface area contributed by atoms with Crippen molar-refractivity contribution in [2.24, 2.45) is 11.7 Å². The van der Waals surface area contributed by atoms with E-state index in [1.165, 1.54) is 0 Å². The van der Waals surface area contributed by atoms with Crippen LogP contribution in [-0.4, -0.2) is 23.0 Å². The van der Waals surface area contributed by atoms with Gasteiger partial charge in [0.1, 0.15) is 0 Å². The molecule has 0 saturated heterocycles. The normalized spacial score (nSPS) is 13.2. The van der Waals surface area contributed by atoms with Crippen LogP contribution < -0.4 is 11.1 Å². The van der Waals surface area contributed by atoms with Crippen LogP contribution in [0, 0.1) is 12.8 Å². The molecule has 1 atom stereocenters. The van der Waals surface area contributed by atoms with Gasteiger partial charge in [0, 0.05) is 12.1 Å². The SMILES string of the molecule is Cc1nc(-c2ccccc2)oc1C(=O)NC(C)(CN)CC(C)C.Cl. The van der Waals surface area contributed by atoms with Gasteiger partial charge in [0.2, 0.25) is 11.7 Å². The highest BCUT2D eigenvalue weighted by atomic mass is 35.5. The van der Waals surface area contributed by atoms with Gasteiger partial charge in [-0.1, -0.05) is 32.0 Å². The number of amides is 1. The zero-order valence-electron chi connectivity index (χ0n) is 14.6. The number of aromatic nitrogens is 1. The maximum atomic E-state index is 12.6. The van der Waals surface area contributed by atoms with Crippen molar-refractivity contribution in [3.63, 3.8) is 0 Å². The van der Waals surface area contributed by atoms with Crippen LogP contribution in [-0.2, 0) is 0 Å². The van der Waals surface area contributed by atoms with Crippen LogP contribution in [0.15, 0.2) is 34.7 Å². The molecule has 24 heavy (non-hydrogen) atoms. The summed E-state index contributed by atoms with van der Waals surface area (Å²) in [6.45, 7) is 8.30. The maximum Gasteiger partial charge on any atom is 0.289 e. The van der Waals surface area contributed by atoms with Crippen LogP contribution in [0.1, 0.15) is 43.4 Å². The van der Waals surface area contributed by atoms with Crippen molar-refractivity contribution in [3.8, 4) is 11.5 Å². The van der Waals surface area contributed by atoms with Gasteiger partial charge in [-0.25, -0.2) is 4.98 Å². The smallest absolute Gasteiger partial charge is 0.289 e. The zero-order chi connectivity index (χ0) is 17.0. The Labute approximate surface area is 149 Å². The van der Waals surface area contributed by atoms with Crippen LogP contribution in [0.4, 0.5) is 0 Å². The quantitative estimate of drug-likeness (QED) is 0.833. The second-order valence-corrected chi connectivity index (χ2v) is 6.62. The molecule has 1 amide bonds. The van der Waals surface area contributed by atoms with Gasteiger partial charge in [-0.2, -0.15) is 0 Å². The summed E-state index contributed by atoms with van der Waals surface area (Å²) in [6, 6.07) is 9.53. The molecule has 0 aliphatic rings. The van der Waals surface area contributed by atoms with Crippen molar-refractivity contribution in [1.82, 2.24) is 10.3 Å². The molecule has 0 saturated carbocycles. The number of oxazole rings is 1. The molecule has 3 N–H and O–H groups in total. The van der Waals surface area contributed by atoms with Crippen LogP contribution >= 0.6 is 12.4 Å². The van der Waals surface area contributed by atoms with Gasteiger partial charge in [-0.3, -0.25) is 4.79 Å². The molecule has 0 spiro atoms. The first-order chi connectivity index (χ1) is 10.8. The van der Waals surface area contributed by atoms with E-state index in [0.29, 0.717) is 24.0 Å². The molecule has 1 aromatic carbocycles. The third-order valence-corrected chi connectivity index (χ3v) is 3.75. The summed E-state index contributed by atoms with van der Waals surface area (Å²) in [5.41, 5.74) is 6.81. The zero-order valence-corrected chi connectivity index (χ0v) is 15.4. The van der Waals surface area contributed by atoms with Gasteiger partial charge < -0.3 is 15.5 Å². The monoisotopic (exact) mass is 351 g/mol. The molecule has 2 aromatic rings. The van der Waals surface area contributed by atoms with Crippen LogP contribution in [0.3, 0.4) is 0 Å². The Kier molecular flexibility index (Phi) is 6.99. The van der Waals surface area contributed by atoms with E-state index >= 15 is 0 Å². The summed E-state index contributed by atoms with van der Waals surface area (Å²) in [5.74, 6) is 0.851.